The Morgan fingerprint density at radius 1 is 1.00 bits per heavy atom. The number of carbonyl (C=O) groups is 2. The van der Waals surface area contributed by atoms with Gasteiger partial charge in [0.1, 0.15) is 0 Å². The van der Waals surface area contributed by atoms with Gasteiger partial charge in [0, 0.05) is 42.7 Å². The second-order valence-electron chi connectivity index (χ2n) is 7.91. The SMILES string of the molecule is Cc1cc(C)c(NC(=O)NNC(=O)C=C2CCN(c3ccc([N+](=O)[O-])cc3)CC2)c(C)c1. The first-order chi connectivity index (χ1) is 15.2. The van der Waals surface area contributed by atoms with Gasteiger partial charge in [-0.25, -0.2) is 10.2 Å². The summed E-state index contributed by atoms with van der Waals surface area (Å²) in [6, 6.07) is 9.90. The van der Waals surface area contributed by atoms with Gasteiger partial charge >= 0.3 is 6.03 Å². The number of nitro groups is 1. The number of hydrogen-bond acceptors (Lipinski definition) is 5. The normalized spacial score (nSPS) is 13.3. The fourth-order valence-corrected chi connectivity index (χ4v) is 3.84. The Morgan fingerprint density at radius 2 is 1.59 bits per heavy atom. The minimum absolute atomic E-state index is 0.0623. The average molecular weight is 438 g/mol. The highest BCUT2D eigenvalue weighted by molar-refractivity contribution is 5.94. The Bertz CT molecular complexity index is 1030. The van der Waals surface area contributed by atoms with E-state index in [1.165, 1.54) is 18.2 Å². The molecular formula is C23H27N5O4. The van der Waals surface area contributed by atoms with Gasteiger partial charge in [0.05, 0.1) is 4.92 Å². The Morgan fingerprint density at radius 3 is 2.16 bits per heavy atom. The summed E-state index contributed by atoms with van der Waals surface area (Å²) >= 11 is 0. The van der Waals surface area contributed by atoms with Crippen molar-refractivity contribution in [1.29, 1.82) is 0 Å². The molecule has 1 aliphatic heterocycles. The predicted octanol–water partition coefficient (Wildman–Crippen LogP) is 3.90. The first kappa shape index (κ1) is 22.8. The Labute approximate surface area is 186 Å². The van der Waals surface area contributed by atoms with Gasteiger partial charge in [-0.3, -0.25) is 20.3 Å². The van der Waals surface area contributed by atoms with Gasteiger partial charge in [0.2, 0.25) is 0 Å². The fraction of sp³-hybridized carbons (Fsp3) is 0.304. The molecule has 1 saturated heterocycles. The van der Waals surface area contributed by atoms with Crippen LogP contribution in [0.2, 0.25) is 0 Å². The van der Waals surface area contributed by atoms with Crippen molar-refractivity contribution in [3.63, 3.8) is 0 Å². The summed E-state index contributed by atoms with van der Waals surface area (Å²) in [6.07, 6.45) is 2.90. The minimum Gasteiger partial charge on any atom is -0.371 e. The summed E-state index contributed by atoms with van der Waals surface area (Å²) in [5, 5.41) is 13.5. The third kappa shape index (κ3) is 5.84. The molecule has 0 aromatic heterocycles. The molecule has 9 heteroatoms. The summed E-state index contributed by atoms with van der Waals surface area (Å²) in [7, 11) is 0. The number of rotatable bonds is 4. The number of anilines is 2. The summed E-state index contributed by atoms with van der Waals surface area (Å²) in [4.78, 5) is 36.8. The lowest BCUT2D eigenvalue weighted by Gasteiger charge is -2.30. The zero-order valence-electron chi connectivity index (χ0n) is 18.4. The standard InChI is InChI=1S/C23H27N5O4/c1-15-12-16(2)22(17(3)13-15)24-23(30)26-25-21(29)14-18-8-10-27(11-9-18)19-4-6-20(7-5-19)28(31)32/h4-7,12-14H,8-11H2,1-3H3,(H,25,29)(H2,24,26,30). The monoisotopic (exact) mass is 437 g/mol. The third-order valence-electron chi connectivity index (χ3n) is 5.38. The maximum Gasteiger partial charge on any atom is 0.337 e. The molecule has 9 nitrogen and oxygen atoms in total. The van der Waals surface area contributed by atoms with Crippen molar-refractivity contribution in [3.05, 3.63) is 74.9 Å². The van der Waals surface area contributed by atoms with E-state index >= 15 is 0 Å². The van der Waals surface area contributed by atoms with Gasteiger partial charge in [0.25, 0.3) is 11.6 Å². The molecule has 2 aromatic carbocycles. The smallest absolute Gasteiger partial charge is 0.337 e. The highest BCUT2D eigenvalue weighted by Crippen LogP contribution is 2.25. The van der Waals surface area contributed by atoms with Crippen molar-refractivity contribution in [2.45, 2.75) is 33.6 Å². The van der Waals surface area contributed by atoms with Crippen LogP contribution in [0.3, 0.4) is 0 Å². The van der Waals surface area contributed by atoms with Crippen LogP contribution in [0.4, 0.5) is 21.9 Å². The van der Waals surface area contributed by atoms with Gasteiger partial charge in [-0.05, 0) is 56.9 Å². The van der Waals surface area contributed by atoms with Crippen LogP contribution >= 0.6 is 0 Å². The zero-order valence-corrected chi connectivity index (χ0v) is 18.4. The Kier molecular flexibility index (Phi) is 7.09. The van der Waals surface area contributed by atoms with Crippen LogP contribution in [0.5, 0.6) is 0 Å². The van der Waals surface area contributed by atoms with Gasteiger partial charge < -0.3 is 10.2 Å². The van der Waals surface area contributed by atoms with Crippen LogP contribution in [-0.4, -0.2) is 30.0 Å². The van der Waals surface area contributed by atoms with Crippen molar-refractivity contribution in [2.24, 2.45) is 0 Å². The number of urea groups is 1. The molecule has 3 amide bonds. The lowest BCUT2D eigenvalue weighted by Crippen LogP contribution is -2.43. The quantitative estimate of drug-likeness (QED) is 0.381. The molecule has 0 radical (unpaired) electrons. The molecule has 168 valence electrons. The van der Waals surface area contributed by atoms with E-state index in [2.05, 4.69) is 21.1 Å². The lowest BCUT2D eigenvalue weighted by molar-refractivity contribution is -0.384. The van der Waals surface area contributed by atoms with E-state index in [9.17, 15) is 19.7 Å². The van der Waals surface area contributed by atoms with Crippen molar-refractivity contribution < 1.29 is 14.5 Å². The maximum atomic E-state index is 12.2. The summed E-state index contributed by atoms with van der Waals surface area (Å²) in [5.74, 6) is -0.392. The molecule has 0 atom stereocenters. The molecule has 0 unspecified atom stereocenters. The van der Waals surface area contributed by atoms with Crippen molar-refractivity contribution in [2.75, 3.05) is 23.3 Å². The molecule has 0 spiro atoms. The van der Waals surface area contributed by atoms with E-state index < -0.39 is 16.9 Å². The first-order valence-corrected chi connectivity index (χ1v) is 10.4. The highest BCUT2D eigenvalue weighted by Gasteiger charge is 2.16. The predicted molar refractivity (Wildman–Crippen MR) is 124 cm³/mol. The third-order valence-corrected chi connectivity index (χ3v) is 5.38. The molecule has 1 fully saturated rings. The Balaban J connectivity index is 1.47. The van der Waals surface area contributed by atoms with Crippen LogP contribution in [0, 0.1) is 30.9 Å². The number of carbonyl (C=O) groups excluding carboxylic acids is 2. The van der Waals surface area contributed by atoms with E-state index in [-0.39, 0.29) is 5.69 Å². The number of hydrazine groups is 1. The van der Waals surface area contributed by atoms with Crippen molar-refractivity contribution in [3.8, 4) is 0 Å². The van der Waals surface area contributed by atoms with Crippen LogP contribution in [-0.2, 0) is 4.79 Å². The largest absolute Gasteiger partial charge is 0.371 e. The van der Waals surface area contributed by atoms with E-state index in [1.54, 1.807) is 12.1 Å². The molecule has 0 saturated carbocycles. The first-order valence-electron chi connectivity index (χ1n) is 10.4. The molecular weight excluding hydrogens is 410 g/mol. The molecule has 32 heavy (non-hydrogen) atoms. The maximum absolute atomic E-state index is 12.2. The number of nitro benzene ring substituents is 1. The van der Waals surface area contributed by atoms with E-state index in [0.29, 0.717) is 25.9 Å². The van der Waals surface area contributed by atoms with Crippen LogP contribution in [0.15, 0.2) is 48.0 Å². The topological polar surface area (TPSA) is 117 Å². The highest BCUT2D eigenvalue weighted by atomic mass is 16.6. The lowest BCUT2D eigenvalue weighted by atomic mass is 10.0. The number of piperidine rings is 1. The molecule has 0 bridgehead atoms. The fourth-order valence-electron chi connectivity index (χ4n) is 3.84. The van der Waals surface area contributed by atoms with Crippen LogP contribution in [0.1, 0.15) is 29.5 Å². The molecule has 1 heterocycles. The van der Waals surface area contributed by atoms with Crippen LogP contribution in [0.25, 0.3) is 0 Å². The summed E-state index contributed by atoms with van der Waals surface area (Å²) in [6.45, 7) is 7.24. The number of nitrogens with one attached hydrogen (secondary N) is 3. The van der Waals surface area contributed by atoms with E-state index in [1.807, 2.05) is 32.9 Å². The second-order valence-corrected chi connectivity index (χ2v) is 7.91. The summed E-state index contributed by atoms with van der Waals surface area (Å²) < 4.78 is 0. The average Bonchev–Trinajstić information content (AvgIpc) is 2.75. The van der Waals surface area contributed by atoms with E-state index in [4.69, 9.17) is 0 Å². The molecule has 1 aliphatic rings. The van der Waals surface area contributed by atoms with Crippen LogP contribution < -0.4 is 21.1 Å². The number of nitrogens with zero attached hydrogens (tertiary/aromatic N) is 2. The van der Waals surface area contributed by atoms with Gasteiger partial charge in [-0.2, -0.15) is 0 Å². The van der Waals surface area contributed by atoms with Gasteiger partial charge in [0.15, 0.2) is 0 Å². The van der Waals surface area contributed by atoms with Crippen molar-refractivity contribution >= 4 is 29.0 Å². The second kappa shape index (κ2) is 9.95. The number of aryl methyl sites for hydroxylation is 3. The van der Waals surface area contributed by atoms with Crippen molar-refractivity contribution in [1.82, 2.24) is 10.9 Å². The molecule has 3 N–H and O–H groups in total. The zero-order chi connectivity index (χ0) is 23.3. The number of non-ortho nitro benzene ring substituents is 1. The molecule has 0 aliphatic carbocycles. The number of benzene rings is 2. The van der Waals surface area contributed by atoms with Gasteiger partial charge in [-0.15, -0.1) is 0 Å². The minimum atomic E-state index is -0.514. The number of amides is 3. The molecule has 3 rings (SSSR count). The summed E-state index contributed by atoms with van der Waals surface area (Å²) in [5.41, 5.74) is 10.5. The molecule has 2 aromatic rings. The van der Waals surface area contributed by atoms with E-state index in [0.717, 1.165) is 33.6 Å². The Hall–Kier alpha value is -3.88. The van der Waals surface area contributed by atoms with Gasteiger partial charge in [-0.1, -0.05) is 23.3 Å². The number of hydrogen-bond donors (Lipinski definition) is 3.